The minimum Gasteiger partial charge on any atom is -0.298 e. The van der Waals surface area contributed by atoms with Gasteiger partial charge in [0.25, 0.3) is 0 Å². The summed E-state index contributed by atoms with van der Waals surface area (Å²) in [5.41, 5.74) is 2.10. The second-order valence-electron chi connectivity index (χ2n) is 8.51. The lowest BCUT2D eigenvalue weighted by atomic mass is 9.78. The number of ketones is 1. The van der Waals surface area contributed by atoms with Gasteiger partial charge in [-0.3, -0.25) is 4.79 Å². The Morgan fingerprint density at radius 3 is 1.38 bits per heavy atom. The molecule has 0 fully saturated rings. The van der Waals surface area contributed by atoms with Crippen molar-refractivity contribution in [1.29, 1.82) is 0 Å². The van der Waals surface area contributed by atoms with Gasteiger partial charge in [0, 0.05) is 32.5 Å². The SMILES string of the molecule is O=C(C(c1cc(Br)cnc1Cl)C(Br)c1cccc(Cl)c1Cl)C(c1cc(Br)cnc1Cl)C(Br)c1cccc(Cl)c1Cl. The standard InChI is InChI=1S/C27H14Br4Cl6N2O/c28-11-7-15(26(36)38-9-11)19(21(30)13-3-1-5-17(32)23(13)34)25(40)20(16-8-12(29)10-39-27(16)37)22(31)14-4-2-6-18(33)24(14)35/h1-10,19-22H. The monoisotopic (exact) mass is 908 g/mol. The van der Waals surface area contributed by atoms with Gasteiger partial charge in [-0.25, -0.2) is 9.97 Å². The molecule has 4 atom stereocenters. The quantitative estimate of drug-likeness (QED) is 0.131. The summed E-state index contributed by atoms with van der Waals surface area (Å²) in [6, 6.07) is 13.9. The lowest BCUT2D eigenvalue weighted by Gasteiger charge is -2.31. The Balaban J connectivity index is 1.99. The van der Waals surface area contributed by atoms with Crippen LogP contribution in [-0.2, 0) is 4.79 Å². The first-order valence-corrected chi connectivity index (χ1v) is 16.9. The smallest absolute Gasteiger partial charge is 0.150 e. The summed E-state index contributed by atoms with van der Waals surface area (Å²) < 4.78 is 1.27. The van der Waals surface area contributed by atoms with E-state index in [2.05, 4.69) is 73.7 Å². The highest BCUT2D eigenvalue weighted by molar-refractivity contribution is 9.11. The van der Waals surface area contributed by atoms with Crippen molar-refractivity contribution in [3.63, 3.8) is 0 Å². The topological polar surface area (TPSA) is 42.9 Å². The maximum Gasteiger partial charge on any atom is 0.150 e. The van der Waals surface area contributed by atoms with E-state index in [0.717, 1.165) is 0 Å². The van der Waals surface area contributed by atoms with Crippen molar-refractivity contribution < 1.29 is 4.79 Å². The summed E-state index contributed by atoms with van der Waals surface area (Å²) in [5, 5.41) is 1.58. The normalized spacial score (nSPS) is 14.4. The van der Waals surface area contributed by atoms with Crippen molar-refractivity contribution >= 4 is 139 Å². The number of Topliss-reactive ketones (excluding diaryl/α,β-unsaturated/α-hetero) is 1. The molecule has 0 N–H and O–H groups in total. The molecule has 4 aromatic rings. The Hall–Kier alpha value is 0.0700. The third-order valence-corrected chi connectivity index (χ3v) is 11.3. The van der Waals surface area contributed by atoms with Gasteiger partial charge in [0.05, 0.1) is 41.6 Å². The molecular formula is C27H14Br4Cl6N2O. The number of hydrogen-bond donors (Lipinski definition) is 0. The first-order chi connectivity index (χ1) is 18.9. The number of nitrogens with zero attached hydrogens (tertiary/aromatic N) is 2. The van der Waals surface area contributed by atoms with Crippen LogP contribution in [0.1, 0.15) is 43.7 Å². The second-order valence-corrected chi connectivity index (χ2v) is 14.6. The van der Waals surface area contributed by atoms with Gasteiger partial charge in [0.1, 0.15) is 10.3 Å². The van der Waals surface area contributed by atoms with E-state index in [4.69, 9.17) is 69.6 Å². The zero-order valence-corrected chi connectivity index (χ0v) is 30.5. The van der Waals surface area contributed by atoms with Crippen LogP contribution >= 0.6 is 133 Å². The number of aromatic nitrogens is 2. The molecule has 2 heterocycles. The van der Waals surface area contributed by atoms with Gasteiger partial charge in [0.2, 0.25) is 0 Å². The molecule has 13 heteroatoms. The summed E-state index contributed by atoms with van der Waals surface area (Å²) in [6.07, 6.45) is 3.10. The number of carbonyl (C=O) groups is 1. The highest BCUT2D eigenvalue weighted by Crippen LogP contribution is 2.52. The van der Waals surface area contributed by atoms with Gasteiger partial charge in [-0.15, -0.1) is 0 Å². The van der Waals surface area contributed by atoms with E-state index in [1.165, 1.54) is 0 Å². The molecule has 0 amide bonds. The fourth-order valence-electron chi connectivity index (χ4n) is 4.24. The van der Waals surface area contributed by atoms with Crippen LogP contribution in [0.2, 0.25) is 30.4 Å². The Bertz CT molecular complexity index is 1480. The van der Waals surface area contributed by atoms with E-state index in [1.54, 1.807) is 60.9 Å². The summed E-state index contributed by atoms with van der Waals surface area (Å²) in [7, 11) is 0. The number of benzene rings is 2. The summed E-state index contributed by atoms with van der Waals surface area (Å²) in [6.45, 7) is 0. The number of carbonyl (C=O) groups excluding carboxylic acids is 1. The highest BCUT2D eigenvalue weighted by Gasteiger charge is 2.42. The second kappa shape index (κ2) is 14.2. The van der Waals surface area contributed by atoms with E-state index in [-0.39, 0.29) is 16.1 Å². The first-order valence-electron chi connectivity index (χ1n) is 11.2. The fourth-order valence-corrected chi connectivity index (χ4v) is 8.35. The average Bonchev–Trinajstić information content (AvgIpc) is 2.91. The van der Waals surface area contributed by atoms with E-state index in [9.17, 15) is 4.79 Å². The first kappa shape index (κ1) is 33.0. The van der Waals surface area contributed by atoms with Gasteiger partial charge < -0.3 is 0 Å². The lowest BCUT2D eigenvalue weighted by Crippen LogP contribution is -2.27. The average molecular weight is 915 g/mol. The van der Waals surface area contributed by atoms with E-state index < -0.39 is 21.5 Å². The maximum absolute atomic E-state index is 15.0. The molecule has 0 aliphatic rings. The summed E-state index contributed by atoms with van der Waals surface area (Å²) >= 11 is 53.6. The van der Waals surface area contributed by atoms with E-state index in [1.807, 2.05) is 0 Å². The Kier molecular flexibility index (Phi) is 11.7. The van der Waals surface area contributed by atoms with Crippen LogP contribution in [-0.4, -0.2) is 15.8 Å². The predicted octanol–water partition coefficient (Wildman–Crippen LogP) is 12.6. The zero-order valence-electron chi connectivity index (χ0n) is 19.7. The van der Waals surface area contributed by atoms with Gasteiger partial charge in [-0.2, -0.15) is 0 Å². The number of rotatable bonds is 8. The van der Waals surface area contributed by atoms with Crippen molar-refractivity contribution in [3.05, 3.63) is 123 Å². The van der Waals surface area contributed by atoms with Crippen molar-refractivity contribution in [1.82, 2.24) is 9.97 Å². The van der Waals surface area contributed by atoms with Gasteiger partial charge in [0.15, 0.2) is 5.78 Å². The molecule has 0 saturated heterocycles. The molecule has 0 bridgehead atoms. The van der Waals surface area contributed by atoms with Crippen molar-refractivity contribution in [2.24, 2.45) is 0 Å². The van der Waals surface area contributed by atoms with Crippen molar-refractivity contribution in [3.8, 4) is 0 Å². The largest absolute Gasteiger partial charge is 0.298 e. The third-order valence-electron chi connectivity index (χ3n) is 6.09. The Morgan fingerprint density at radius 2 is 1.00 bits per heavy atom. The predicted molar refractivity (Wildman–Crippen MR) is 181 cm³/mol. The fraction of sp³-hybridized carbons (Fsp3) is 0.148. The van der Waals surface area contributed by atoms with Gasteiger partial charge >= 0.3 is 0 Å². The Morgan fingerprint density at radius 1 is 0.625 bits per heavy atom. The molecule has 208 valence electrons. The third kappa shape index (κ3) is 7.06. The van der Waals surface area contributed by atoms with Crippen LogP contribution in [0.25, 0.3) is 0 Å². The van der Waals surface area contributed by atoms with Crippen LogP contribution in [0.5, 0.6) is 0 Å². The number of pyridine rings is 2. The van der Waals surface area contributed by atoms with Crippen molar-refractivity contribution in [2.75, 3.05) is 0 Å². The van der Waals surface area contributed by atoms with Crippen LogP contribution in [0.15, 0.2) is 69.9 Å². The molecule has 0 aliphatic carbocycles. The molecule has 0 aliphatic heterocycles. The van der Waals surface area contributed by atoms with Gasteiger partial charge in [-0.05, 0) is 67.3 Å². The summed E-state index contributed by atoms with van der Waals surface area (Å²) in [5.74, 6) is -2.13. The maximum atomic E-state index is 15.0. The summed E-state index contributed by atoms with van der Waals surface area (Å²) in [4.78, 5) is 22.2. The minimum atomic E-state index is -0.925. The lowest BCUT2D eigenvalue weighted by molar-refractivity contribution is -0.122. The molecule has 2 aromatic heterocycles. The molecule has 0 spiro atoms. The molecule has 3 nitrogen and oxygen atoms in total. The molecule has 4 rings (SSSR count). The number of hydrogen-bond acceptors (Lipinski definition) is 3. The van der Waals surface area contributed by atoms with Crippen LogP contribution in [0, 0.1) is 0 Å². The van der Waals surface area contributed by atoms with Crippen molar-refractivity contribution in [2.45, 2.75) is 21.5 Å². The molecule has 2 aromatic carbocycles. The van der Waals surface area contributed by atoms with Crippen LogP contribution in [0.4, 0.5) is 0 Å². The Labute approximate surface area is 294 Å². The van der Waals surface area contributed by atoms with Gasteiger partial charge in [-0.1, -0.05) is 126 Å². The van der Waals surface area contributed by atoms with Crippen LogP contribution < -0.4 is 0 Å². The highest BCUT2D eigenvalue weighted by atomic mass is 79.9. The molecular weight excluding hydrogens is 901 g/mol. The van der Waals surface area contributed by atoms with E-state index in [0.29, 0.717) is 51.3 Å². The molecule has 0 radical (unpaired) electrons. The number of halogens is 10. The molecule has 4 unspecified atom stereocenters. The van der Waals surface area contributed by atoms with Crippen LogP contribution in [0.3, 0.4) is 0 Å². The van der Waals surface area contributed by atoms with E-state index >= 15 is 0 Å². The number of alkyl halides is 2. The molecule has 40 heavy (non-hydrogen) atoms. The zero-order chi connectivity index (χ0) is 29.3. The minimum absolute atomic E-state index is 0.147. The molecule has 0 saturated carbocycles.